The van der Waals surface area contributed by atoms with Crippen molar-refractivity contribution < 1.29 is 0 Å². The van der Waals surface area contributed by atoms with Crippen LogP contribution >= 0.6 is 11.3 Å². The number of hydrogen-bond acceptors (Lipinski definition) is 4. The van der Waals surface area contributed by atoms with Gasteiger partial charge in [0, 0.05) is 32.6 Å². The van der Waals surface area contributed by atoms with Crippen LogP contribution < -0.4 is 0 Å². The summed E-state index contributed by atoms with van der Waals surface area (Å²) >= 11 is 1.77. The fraction of sp³-hybridized carbons (Fsp3) is 0.455. The van der Waals surface area contributed by atoms with Gasteiger partial charge in [0.05, 0.1) is 0 Å². The van der Waals surface area contributed by atoms with Crippen LogP contribution in [0.5, 0.6) is 0 Å². The normalized spacial score (nSPS) is 17.0. The topological polar surface area (TPSA) is 34.0 Å². The zero-order valence-corrected chi connectivity index (χ0v) is 9.86. The quantitative estimate of drug-likeness (QED) is 0.787. The Bertz CT molecular complexity index is 426. The van der Waals surface area contributed by atoms with Gasteiger partial charge in [0.25, 0.3) is 0 Å². The summed E-state index contributed by atoms with van der Waals surface area (Å²) in [6.07, 6.45) is 2.84. The molecule has 0 bridgehead atoms. The second kappa shape index (κ2) is 4.35. The predicted octanol–water partition coefficient (Wildman–Crippen LogP) is 1.40. The smallest absolute Gasteiger partial charge is 0.134 e. The standard InChI is InChI=1S/C11H14N4S/c1-3-14(7-10-2-6-16-8-10)4-5-15-9-12-13-11(1)15/h2,6,8-9H,1,3-5,7H2. The first kappa shape index (κ1) is 9.99. The number of fused-ring (bicyclic) bond motifs is 1. The number of nitrogens with zero attached hydrogens (tertiary/aromatic N) is 4. The van der Waals surface area contributed by atoms with Gasteiger partial charge in [0.15, 0.2) is 0 Å². The Kier molecular flexibility index (Phi) is 2.71. The van der Waals surface area contributed by atoms with E-state index in [4.69, 9.17) is 0 Å². The molecule has 4 nitrogen and oxygen atoms in total. The summed E-state index contributed by atoms with van der Waals surface area (Å²) in [7, 11) is 0. The van der Waals surface area contributed by atoms with Crippen molar-refractivity contribution in [3.63, 3.8) is 0 Å². The van der Waals surface area contributed by atoms with Crippen LogP contribution in [-0.4, -0.2) is 32.8 Å². The zero-order chi connectivity index (χ0) is 10.8. The molecule has 3 rings (SSSR count). The molecule has 16 heavy (non-hydrogen) atoms. The Labute approximate surface area is 98.5 Å². The summed E-state index contributed by atoms with van der Waals surface area (Å²) in [5.41, 5.74) is 1.42. The van der Waals surface area contributed by atoms with Crippen molar-refractivity contribution in [1.82, 2.24) is 19.7 Å². The van der Waals surface area contributed by atoms with E-state index in [0.29, 0.717) is 0 Å². The van der Waals surface area contributed by atoms with Crippen molar-refractivity contribution in [3.05, 3.63) is 34.5 Å². The van der Waals surface area contributed by atoms with Crippen molar-refractivity contribution in [1.29, 1.82) is 0 Å². The second-order valence-corrected chi connectivity index (χ2v) is 4.88. The maximum absolute atomic E-state index is 4.14. The van der Waals surface area contributed by atoms with E-state index in [2.05, 4.69) is 36.5 Å². The number of rotatable bonds is 2. The Morgan fingerprint density at radius 3 is 3.19 bits per heavy atom. The van der Waals surface area contributed by atoms with E-state index in [-0.39, 0.29) is 0 Å². The summed E-state index contributed by atoms with van der Waals surface area (Å²) in [4.78, 5) is 2.48. The second-order valence-electron chi connectivity index (χ2n) is 4.10. The molecule has 2 aromatic heterocycles. The van der Waals surface area contributed by atoms with Gasteiger partial charge in [-0.1, -0.05) is 0 Å². The molecule has 0 aliphatic carbocycles. The Balaban J connectivity index is 1.66. The van der Waals surface area contributed by atoms with Crippen molar-refractivity contribution in [2.75, 3.05) is 13.1 Å². The summed E-state index contributed by atoms with van der Waals surface area (Å²) in [6.45, 7) is 4.23. The maximum Gasteiger partial charge on any atom is 0.134 e. The van der Waals surface area contributed by atoms with Gasteiger partial charge in [0.1, 0.15) is 12.2 Å². The molecule has 0 unspecified atom stereocenters. The highest BCUT2D eigenvalue weighted by Crippen LogP contribution is 2.12. The molecule has 0 N–H and O–H groups in total. The van der Waals surface area contributed by atoms with Crippen molar-refractivity contribution in [2.45, 2.75) is 19.5 Å². The van der Waals surface area contributed by atoms with Gasteiger partial charge >= 0.3 is 0 Å². The molecule has 84 valence electrons. The lowest BCUT2D eigenvalue weighted by Crippen LogP contribution is -2.26. The molecule has 0 atom stereocenters. The highest BCUT2D eigenvalue weighted by Gasteiger charge is 2.14. The average molecular weight is 234 g/mol. The van der Waals surface area contributed by atoms with Gasteiger partial charge in [0.2, 0.25) is 0 Å². The third-order valence-corrected chi connectivity index (χ3v) is 3.72. The van der Waals surface area contributed by atoms with Crippen LogP contribution in [0.2, 0.25) is 0 Å². The van der Waals surface area contributed by atoms with Gasteiger partial charge in [-0.2, -0.15) is 11.3 Å². The molecule has 0 aromatic carbocycles. The van der Waals surface area contributed by atoms with Crippen molar-refractivity contribution in [2.24, 2.45) is 0 Å². The van der Waals surface area contributed by atoms with Crippen LogP contribution in [0, 0.1) is 0 Å². The average Bonchev–Trinajstić information content (AvgIpc) is 2.90. The van der Waals surface area contributed by atoms with Crippen LogP contribution in [0.25, 0.3) is 0 Å². The highest BCUT2D eigenvalue weighted by molar-refractivity contribution is 7.07. The van der Waals surface area contributed by atoms with Crippen LogP contribution in [0.1, 0.15) is 11.4 Å². The third-order valence-electron chi connectivity index (χ3n) is 2.99. The monoisotopic (exact) mass is 234 g/mol. The summed E-state index contributed by atoms with van der Waals surface area (Å²) in [6, 6.07) is 2.20. The molecule has 3 heterocycles. The lowest BCUT2D eigenvalue weighted by Gasteiger charge is -2.18. The molecule has 0 radical (unpaired) electrons. The van der Waals surface area contributed by atoms with E-state index in [1.165, 1.54) is 5.56 Å². The summed E-state index contributed by atoms with van der Waals surface area (Å²) in [5.74, 6) is 1.12. The van der Waals surface area contributed by atoms with Crippen LogP contribution in [0.15, 0.2) is 23.2 Å². The first-order valence-electron chi connectivity index (χ1n) is 5.52. The fourth-order valence-electron chi connectivity index (χ4n) is 2.08. The van der Waals surface area contributed by atoms with Crippen molar-refractivity contribution in [3.8, 4) is 0 Å². The van der Waals surface area contributed by atoms with E-state index < -0.39 is 0 Å². The lowest BCUT2D eigenvalue weighted by atomic mass is 10.3. The number of thiophene rings is 1. The molecular weight excluding hydrogens is 220 g/mol. The highest BCUT2D eigenvalue weighted by atomic mass is 32.1. The van der Waals surface area contributed by atoms with Crippen molar-refractivity contribution >= 4 is 11.3 Å². The minimum atomic E-state index is 1.00. The molecule has 0 saturated heterocycles. The van der Waals surface area contributed by atoms with E-state index in [1.54, 1.807) is 11.3 Å². The van der Waals surface area contributed by atoms with E-state index in [0.717, 1.165) is 38.4 Å². The SMILES string of the molecule is c1cc(CN2CCc3nncn3CC2)cs1. The molecule has 5 heteroatoms. The molecule has 1 aliphatic rings. The molecule has 2 aromatic rings. The fourth-order valence-corrected chi connectivity index (χ4v) is 2.74. The van der Waals surface area contributed by atoms with Crippen LogP contribution in [0.4, 0.5) is 0 Å². The predicted molar refractivity (Wildman–Crippen MR) is 63.3 cm³/mol. The van der Waals surface area contributed by atoms with Crippen LogP contribution in [0.3, 0.4) is 0 Å². The summed E-state index contributed by atoms with van der Waals surface area (Å²) in [5, 5.41) is 12.4. The van der Waals surface area contributed by atoms with E-state index in [1.807, 2.05) is 6.33 Å². The Hall–Kier alpha value is -1.20. The Morgan fingerprint density at radius 1 is 1.31 bits per heavy atom. The largest absolute Gasteiger partial charge is 0.316 e. The molecule has 0 amide bonds. The van der Waals surface area contributed by atoms with E-state index in [9.17, 15) is 0 Å². The molecule has 1 aliphatic heterocycles. The number of hydrogen-bond donors (Lipinski definition) is 0. The van der Waals surface area contributed by atoms with Gasteiger partial charge < -0.3 is 4.57 Å². The van der Waals surface area contributed by atoms with Gasteiger partial charge in [-0.05, 0) is 22.4 Å². The summed E-state index contributed by atoms with van der Waals surface area (Å²) < 4.78 is 2.16. The minimum absolute atomic E-state index is 1.00. The molecular formula is C11H14N4S. The number of aromatic nitrogens is 3. The molecule has 0 fully saturated rings. The van der Waals surface area contributed by atoms with E-state index >= 15 is 0 Å². The lowest BCUT2D eigenvalue weighted by molar-refractivity contribution is 0.271. The third kappa shape index (κ3) is 2.01. The van der Waals surface area contributed by atoms with Crippen LogP contribution in [-0.2, 0) is 19.5 Å². The first-order valence-corrected chi connectivity index (χ1v) is 6.46. The molecule has 0 spiro atoms. The molecule has 0 saturated carbocycles. The van der Waals surface area contributed by atoms with Gasteiger partial charge in [-0.15, -0.1) is 10.2 Å². The van der Waals surface area contributed by atoms with Gasteiger partial charge in [-0.3, -0.25) is 4.90 Å². The Morgan fingerprint density at radius 2 is 2.31 bits per heavy atom. The minimum Gasteiger partial charge on any atom is -0.316 e. The first-order chi connectivity index (χ1) is 7.92. The van der Waals surface area contributed by atoms with Gasteiger partial charge in [-0.25, -0.2) is 0 Å². The maximum atomic E-state index is 4.14. The zero-order valence-electron chi connectivity index (χ0n) is 9.04.